The third-order valence-corrected chi connectivity index (χ3v) is 5.18. The summed E-state index contributed by atoms with van der Waals surface area (Å²) in [5.41, 5.74) is 5.76. The smallest absolute Gasteiger partial charge is 0.107 e. The van der Waals surface area contributed by atoms with Crippen LogP contribution in [0.25, 0.3) is 0 Å². The van der Waals surface area contributed by atoms with Gasteiger partial charge in [0.15, 0.2) is 0 Å². The van der Waals surface area contributed by atoms with Gasteiger partial charge in [-0.2, -0.15) is 0 Å². The van der Waals surface area contributed by atoms with Crippen LogP contribution in [-0.2, 0) is 0 Å². The second kappa shape index (κ2) is 5.15. The van der Waals surface area contributed by atoms with E-state index in [9.17, 15) is 0 Å². The highest BCUT2D eigenvalue weighted by Gasteiger charge is 2.23. The Morgan fingerprint density at radius 1 is 1.67 bits per heavy atom. The first kappa shape index (κ1) is 11.9. The minimum absolute atomic E-state index is 0.249. The van der Waals surface area contributed by atoms with E-state index in [1.807, 2.05) is 0 Å². The van der Waals surface area contributed by atoms with Crippen molar-refractivity contribution in [2.75, 3.05) is 13.1 Å². The van der Waals surface area contributed by atoms with Gasteiger partial charge in [-0.25, -0.2) is 0 Å². The van der Waals surface area contributed by atoms with Crippen LogP contribution in [0.2, 0.25) is 4.34 Å². The number of hydrogen-bond acceptors (Lipinski definition) is 3. The van der Waals surface area contributed by atoms with E-state index >= 15 is 0 Å². The second-order valence-corrected chi connectivity index (χ2v) is 6.45. The van der Waals surface area contributed by atoms with Crippen LogP contribution in [-0.4, -0.2) is 13.1 Å². The first-order valence-electron chi connectivity index (χ1n) is 5.09. The van der Waals surface area contributed by atoms with Gasteiger partial charge in [0.1, 0.15) is 4.34 Å². The van der Waals surface area contributed by atoms with E-state index in [4.69, 9.17) is 17.3 Å². The van der Waals surface area contributed by atoms with Crippen molar-refractivity contribution >= 4 is 38.9 Å². The standard InChI is InChI=1S/C10H14BrClN2S/c11-7-3-9(15-10(7)12)8(4-13)14-5-6-1-2-6/h3,6,8,14H,1-2,4-5,13H2. The molecule has 0 aromatic carbocycles. The van der Waals surface area contributed by atoms with Gasteiger partial charge >= 0.3 is 0 Å². The number of hydrogen-bond donors (Lipinski definition) is 2. The van der Waals surface area contributed by atoms with Crippen molar-refractivity contribution in [1.82, 2.24) is 5.32 Å². The number of nitrogens with one attached hydrogen (secondary N) is 1. The lowest BCUT2D eigenvalue weighted by molar-refractivity contribution is 0.528. The largest absolute Gasteiger partial charge is 0.329 e. The van der Waals surface area contributed by atoms with Gasteiger partial charge in [0.05, 0.1) is 6.04 Å². The van der Waals surface area contributed by atoms with Crippen LogP contribution in [0.3, 0.4) is 0 Å². The lowest BCUT2D eigenvalue weighted by Crippen LogP contribution is -2.29. The highest BCUT2D eigenvalue weighted by molar-refractivity contribution is 9.10. The van der Waals surface area contributed by atoms with Gasteiger partial charge < -0.3 is 11.1 Å². The molecule has 0 aliphatic heterocycles. The molecule has 0 spiro atoms. The van der Waals surface area contributed by atoms with Gasteiger partial charge in [-0.1, -0.05) is 11.6 Å². The van der Waals surface area contributed by atoms with E-state index in [0.717, 1.165) is 21.3 Å². The van der Waals surface area contributed by atoms with Gasteiger partial charge in [-0.05, 0) is 47.3 Å². The monoisotopic (exact) mass is 308 g/mol. The van der Waals surface area contributed by atoms with Crippen LogP contribution in [0, 0.1) is 5.92 Å². The molecule has 1 aromatic heterocycles. The molecule has 1 saturated carbocycles. The molecule has 1 atom stereocenters. The highest BCUT2D eigenvalue weighted by atomic mass is 79.9. The minimum Gasteiger partial charge on any atom is -0.329 e. The molecule has 1 fully saturated rings. The number of rotatable bonds is 5. The maximum Gasteiger partial charge on any atom is 0.107 e. The third-order valence-electron chi connectivity index (χ3n) is 2.59. The summed E-state index contributed by atoms with van der Waals surface area (Å²) in [6.45, 7) is 1.70. The summed E-state index contributed by atoms with van der Waals surface area (Å²) in [6.07, 6.45) is 2.72. The number of thiophene rings is 1. The van der Waals surface area contributed by atoms with E-state index < -0.39 is 0 Å². The third kappa shape index (κ3) is 3.17. The molecular weight excluding hydrogens is 296 g/mol. The molecule has 0 amide bonds. The summed E-state index contributed by atoms with van der Waals surface area (Å²) < 4.78 is 1.77. The normalized spacial score (nSPS) is 18.1. The Labute approximate surface area is 107 Å². The molecule has 0 saturated heterocycles. The Kier molecular flexibility index (Phi) is 4.07. The van der Waals surface area contributed by atoms with E-state index in [0.29, 0.717) is 6.54 Å². The van der Waals surface area contributed by atoms with Crippen molar-refractivity contribution in [2.45, 2.75) is 18.9 Å². The summed E-state index contributed by atoms with van der Waals surface area (Å²) in [6, 6.07) is 2.31. The van der Waals surface area contributed by atoms with Crippen LogP contribution >= 0.6 is 38.9 Å². The number of halogens is 2. The van der Waals surface area contributed by atoms with Crippen molar-refractivity contribution < 1.29 is 0 Å². The average Bonchev–Trinajstić information content (AvgIpc) is 2.96. The molecule has 0 bridgehead atoms. The van der Waals surface area contributed by atoms with Gasteiger partial charge in [-0.15, -0.1) is 11.3 Å². The van der Waals surface area contributed by atoms with Crippen LogP contribution < -0.4 is 11.1 Å². The minimum atomic E-state index is 0.249. The molecule has 1 aliphatic rings. The SMILES string of the molecule is NCC(NCC1CC1)c1cc(Br)c(Cl)s1. The summed E-state index contributed by atoms with van der Waals surface area (Å²) in [4.78, 5) is 1.22. The predicted octanol–water partition coefficient (Wildman–Crippen LogP) is 3.16. The first-order chi connectivity index (χ1) is 7.20. The highest BCUT2D eigenvalue weighted by Crippen LogP contribution is 2.35. The summed E-state index contributed by atoms with van der Waals surface area (Å²) in [5.74, 6) is 0.873. The zero-order valence-corrected chi connectivity index (χ0v) is 11.5. The second-order valence-electron chi connectivity index (χ2n) is 3.91. The Balaban J connectivity index is 1.97. The molecule has 2 nitrogen and oxygen atoms in total. The molecule has 15 heavy (non-hydrogen) atoms. The van der Waals surface area contributed by atoms with Crippen molar-refractivity contribution in [2.24, 2.45) is 11.7 Å². The molecular formula is C10H14BrClN2S. The summed E-state index contributed by atoms with van der Waals surface area (Å²) in [7, 11) is 0. The maximum absolute atomic E-state index is 6.01. The number of nitrogens with two attached hydrogens (primary N) is 1. The Morgan fingerprint density at radius 2 is 2.40 bits per heavy atom. The molecule has 1 unspecified atom stereocenters. The molecule has 1 aromatic rings. The fourth-order valence-corrected chi connectivity index (χ4v) is 3.29. The quantitative estimate of drug-likeness (QED) is 0.877. The lowest BCUT2D eigenvalue weighted by Gasteiger charge is -2.14. The van der Waals surface area contributed by atoms with Crippen molar-refractivity contribution in [1.29, 1.82) is 0 Å². The van der Waals surface area contributed by atoms with E-state index in [2.05, 4.69) is 27.3 Å². The Bertz CT molecular complexity index is 319. The molecule has 0 radical (unpaired) electrons. The van der Waals surface area contributed by atoms with Gasteiger partial charge in [-0.3, -0.25) is 0 Å². The van der Waals surface area contributed by atoms with E-state index in [1.165, 1.54) is 17.7 Å². The first-order valence-corrected chi connectivity index (χ1v) is 7.07. The van der Waals surface area contributed by atoms with Gasteiger partial charge in [0.25, 0.3) is 0 Å². The fraction of sp³-hybridized carbons (Fsp3) is 0.600. The molecule has 2 rings (SSSR count). The lowest BCUT2D eigenvalue weighted by atomic mass is 10.2. The van der Waals surface area contributed by atoms with Gasteiger partial charge in [0.2, 0.25) is 0 Å². The Hall–Kier alpha value is 0.390. The van der Waals surface area contributed by atoms with Crippen LogP contribution in [0.1, 0.15) is 23.8 Å². The van der Waals surface area contributed by atoms with Crippen LogP contribution in [0.4, 0.5) is 0 Å². The van der Waals surface area contributed by atoms with Crippen LogP contribution in [0.5, 0.6) is 0 Å². The summed E-state index contributed by atoms with van der Waals surface area (Å²) >= 11 is 11.0. The average molecular weight is 310 g/mol. The van der Waals surface area contributed by atoms with Crippen LogP contribution in [0.15, 0.2) is 10.5 Å². The van der Waals surface area contributed by atoms with E-state index in [1.54, 1.807) is 11.3 Å². The Morgan fingerprint density at radius 3 is 2.87 bits per heavy atom. The van der Waals surface area contributed by atoms with Crippen molar-refractivity contribution in [3.63, 3.8) is 0 Å². The zero-order chi connectivity index (χ0) is 10.8. The fourth-order valence-electron chi connectivity index (χ4n) is 1.47. The molecule has 84 valence electrons. The predicted molar refractivity (Wildman–Crippen MR) is 69.6 cm³/mol. The van der Waals surface area contributed by atoms with Crippen molar-refractivity contribution in [3.8, 4) is 0 Å². The molecule has 3 N–H and O–H groups in total. The maximum atomic E-state index is 6.01. The topological polar surface area (TPSA) is 38.0 Å². The summed E-state index contributed by atoms with van der Waals surface area (Å²) in [5, 5.41) is 3.49. The molecule has 5 heteroatoms. The van der Waals surface area contributed by atoms with Crippen molar-refractivity contribution in [3.05, 3.63) is 19.8 Å². The molecule has 1 heterocycles. The zero-order valence-electron chi connectivity index (χ0n) is 8.30. The molecule has 1 aliphatic carbocycles. The van der Waals surface area contributed by atoms with Gasteiger partial charge in [0, 0.05) is 15.9 Å². The van der Waals surface area contributed by atoms with E-state index in [-0.39, 0.29) is 6.04 Å².